The first-order valence-corrected chi connectivity index (χ1v) is 13.1. The molecule has 4 nitrogen and oxygen atoms in total. The lowest BCUT2D eigenvalue weighted by atomic mass is 9.68. The molecule has 40 heavy (non-hydrogen) atoms. The van der Waals surface area contributed by atoms with Gasteiger partial charge in [0.1, 0.15) is 11.6 Å². The molecular formula is C29H30F7NO3. The topological polar surface area (TPSA) is 58.9 Å². The van der Waals surface area contributed by atoms with Crippen molar-refractivity contribution in [2.75, 3.05) is 13.2 Å². The molecule has 0 aliphatic heterocycles. The van der Waals surface area contributed by atoms with Crippen molar-refractivity contribution in [2.24, 2.45) is 16.8 Å². The van der Waals surface area contributed by atoms with Crippen LogP contribution in [-0.2, 0) is 21.9 Å². The fourth-order valence-electron chi connectivity index (χ4n) is 5.75. The van der Waals surface area contributed by atoms with Gasteiger partial charge in [0.2, 0.25) is 0 Å². The van der Waals surface area contributed by atoms with E-state index in [0.29, 0.717) is 56.3 Å². The van der Waals surface area contributed by atoms with Gasteiger partial charge in [0, 0.05) is 37.6 Å². The smallest absolute Gasteiger partial charge is 0.396 e. The van der Waals surface area contributed by atoms with Gasteiger partial charge in [-0.3, -0.25) is 9.79 Å². The van der Waals surface area contributed by atoms with Crippen molar-refractivity contribution in [1.29, 1.82) is 0 Å². The van der Waals surface area contributed by atoms with Crippen LogP contribution < -0.4 is 0 Å². The number of halogens is 7. The number of nitrogens with zero attached hydrogens (tertiary/aromatic N) is 1. The molecule has 1 N–H and O–H groups in total. The molecule has 0 saturated heterocycles. The SMILES string of the molecule is C[C@@H](O[C@H]1CC[C@H](CN=C2CCC(=O)C2)[C@@H](CO)[C@@H]1c1ccc(F)cc1)c1cc(C(F)(F)F)cc(C(F)(F)F)c1. The fraction of sp³-hybridized carbons (Fsp3) is 0.517. The summed E-state index contributed by atoms with van der Waals surface area (Å²) in [6.45, 7) is 1.46. The molecule has 2 aliphatic carbocycles. The number of alkyl halides is 6. The van der Waals surface area contributed by atoms with Crippen molar-refractivity contribution in [3.8, 4) is 0 Å². The van der Waals surface area contributed by atoms with Gasteiger partial charge in [-0.2, -0.15) is 26.3 Å². The summed E-state index contributed by atoms with van der Waals surface area (Å²) >= 11 is 0. The van der Waals surface area contributed by atoms with E-state index in [4.69, 9.17) is 4.74 Å². The minimum absolute atomic E-state index is 0.0734. The number of ether oxygens (including phenoxy) is 1. The Labute approximate surface area is 227 Å². The number of carbonyl (C=O) groups excluding carboxylic acids is 1. The van der Waals surface area contributed by atoms with E-state index in [-0.39, 0.29) is 29.9 Å². The van der Waals surface area contributed by atoms with Gasteiger partial charge in [0.05, 0.1) is 23.3 Å². The van der Waals surface area contributed by atoms with Crippen LogP contribution in [-0.4, -0.2) is 35.9 Å². The quantitative estimate of drug-likeness (QED) is 0.354. The summed E-state index contributed by atoms with van der Waals surface area (Å²) in [5.41, 5.74) is -1.70. The van der Waals surface area contributed by atoms with Crippen molar-refractivity contribution in [3.63, 3.8) is 0 Å². The molecule has 0 unspecified atom stereocenters. The fourth-order valence-corrected chi connectivity index (χ4v) is 5.75. The normalized spacial score (nSPS) is 25.9. The maximum absolute atomic E-state index is 13.7. The average molecular weight is 574 g/mol. The van der Waals surface area contributed by atoms with Crippen LogP contribution in [0.4, 0.5) is 30.7 Å². The zero-order valence-electron chi connectivity index (χ0n) is 21.7. The minimum Gasteiger partial charge on any atom is -0.396 e. The highest BCUT2D eigenvalue weighted by Gasteiger charge is 2.42. The van der Waals surface area contributed by atoms with E-state index < -0.39 is 53.3 Å². The van der Waals surface area contributed by atoms with E-state index in [9.17, 15) is 40.6 Å². The van der Waals surface area contributed by atoms with Crippen molar-refractivity contribution in [2.45, 2.75) is 69.5 Å². The summed E-state index contributed by atoms with van der Waals surface area (Å²) in [7, 11) is 0. The van der Waals surface area contributed by atoms with E-state index in [1.54, 1.807) is 12.1 Å². The second kappa shape index (κ2) is 12.0. The van der Waals surface area contributed by atoms with E-state index in [0.717, 1.165) is 5.71 Å². The molecule has 2 aromatic rings. The Balaban J connectivity index is 1.63. The van der Waals surface area contributed by atoms with E-state index in [2.05, 4.69) is 4.99 Å². The summed E-state index contributed by atoms with van der Waals surface area (Å²) in [5, 5.41) is 10.4. The maximum atomic E-state index is 13.7. The third-order valence-corrected chi connectivity index (χ3v) is 7.86. The highest BCUT2D eigenvalue weighted by atomic mass is 19.4. The van der Waals surface area contributed by atoms with Gasteiger partial charge in [-0.05, 0) is 79.5 Å². The average Bonchev–Trinajstić information content (AvgIpc) is 3.31. The van der Waals surface area contributed by atoms with Crippen LogP contribution in [0.1, 0.15) is 73.3 Å². The summed E-state index contributed by atoms with van der Waals surface area (Å²) in [6.07, 6.45) is -9.53. The van der Waals surface area contributed by atoms with Crippen molar-refractivity contribution < 1.29 is 45.4 Å². The van der Waals surface area contributed by atoms with Crippen LogP contribution in [0.3, 0.4) is 0 Å². The maximum Gasteiger partial charge on any atom is 0.416 e. The van der Waals surface area contributed by atoms with Gasteiger partial charge in [-0.1, -0.05) is 12.1 Å². The highest BCUT2D eigenvalue weighted by Crippen LogP contribution is 2.45. The number of hydrogen-bond acceptors (Lipinski definition) is 4. The Hall–Kier alpha value is -2.79. The van der Waals surface area contributed by atoms with Crippen LogP contribution in [0.25, 0.3) is 0 Å². The number of benzene rings is 2. The largest absolute Gasteiger partial charge is 0.416 e. The predicted molar refractivity (Wildman–Crippen MR) is 133 cm³/mol. The lowest BCUT2D eigenvalue weighted by Crippen LogP contribution is -2.41. The molecule has 0 radical (unpaired) electrons. The van der Waals surface area contributed by atoms with E-state index in [1.165, 1.54) is 19.1 Å². The van der Waals surface area contributed by atoms with Crippen LogP contribution in [0, 0.1) is 17.7 Å². The molecular weight excluding hydrogens is 543 g/mol. The highest BCUT2D eigenvalue weighted by molar-refractivity contribution is 6.08. The second-order valence-corrected chi connectivity index (χ2v) is 10.5. The number of Topliss-reactive ketones (excluding diaryl/α,β-unsaturated/α-hetero) is 1. The summed E-state index contributed by atoms with van der Waals surface area (Å²) in [6, 6.07) is 6.96. The Morgan fingerprint density at radius 3 is 2.12 bits per heavy atom. The molecule has 5 atom stereocenters. The molecule has 0 amide bonds. The van der Waals surface area contributed by atoms with Gasteiger partial charge >= 0.3 is 12.4 Å². The predicted octanol–water partition coefficient (Wildman–Crippen LogP) is 7.31. The van der Waals surface area contributed by atoms with Crippen molar-refractivity contribution in [3.05, 3.63) is 70.5 Å². The van der Waals surface area contributed by atoms with Crippen LogP contribution in [0.5, 0.6) is 0 Å². The molecule has 11 heteroatoms. The first-order chi connectivity index (χ1) is 18.8. The Morgan fingerprint density at radius 1 is 0.975 bits per heavy atom. The zero-order valence-corrected chi connectivity index (χ0v) is 21.7. The first kappa shape index (κ1) is 30.2. The molecule has 0 spiro atoms. The molecule has 218 valence electrons. The number of hydrogen-bond donors (Lipinski definition) is 1. The number of aliphatic hydroxyl groups excluding tert-OH is 1. The Morgan fingerprint density at radius 2 is 1.60 bits per heavy atom. The number of rotatable bonds is 7. The van der Waals surface area contributed by atoms with Crippen molar-refractivity contribution in [1.82, 2.24) is 0 Å². The lowest BCUT2D eigenvalue weighted by molar-refractivity contribution is -0.143. The second-order valence-electron chi connectivity index (χ2n) is 10.5. The number of aliphatic imine (C=N–C) groups is 1. The minimum atomic E-state index is -4.99. The number of ketones is 1. The third-order valence-electron chi connectivity index (χ3n) is 7.86. The first-order valence-electron chi connectivity index (χ1n) is 13.1. The molecule has 2 fully saturated rings. The summed E-state index contributed by atoms with van der Waals surface area (Å²) in [4.78, 5) is 16.2. The monoisotopic (exact) mass is 573 g/mol. The van der Waals surface area contributed by atoms with Gasteiger partial charge < -0.3 is 9.84 Å². The Bertz CT molecular complexity index is 1190. The Kier molecular flexibility index (Phi) is 9.04. The molecule has 0 aromatic heterocycles. The van der Waals surface area contributed by atoms with Gasteiger partial charge in [0.15, 0.2) is 0 Å². The number of carbonyl (C=O) groups is 1. The van der Waals surface area contributed by atoms with E-state index >= 15 is 0 Å². The molecule has 0 heterocycles. The third kappa shape index (κ3) is 7.09. The van der Waals surface area contributed by atoms with E-state index in [1.807, 2.05) is 0 Å². The number of aliphatic hydroxyl groups is 1. The van der Waals surface area contributed by atoms with Crippen molar-refractivity contribution >= 4 is 11.5 Å². The zero-order chi connectivity index (χ0) is 29.2. The summed E-state index contributed by atoms with van der Waals surface area (Å²) in [5.74, 6) is -1.43. The van der Waals surface area contributed by atoms with Crippen LogP contribution in [0.15, 0.2) is 47.5 Å². The van der Waals surface area contributed by atoms with Crippen LogP contribution in [0.2, 0.25) is 0 Å². The van der Waals surface area contributed by atoms with Crippen LogP contribution >= 0.6 is 0 Å². The molecule has 2 aromatic carbocycles. The lowest BCUT2D eigenvalue weighted by Gasteiger charge is -2.43. The molecule has 0 bridgehead atoms. The van der Waals surface area contributed by atoms with Gasteiger partial charge in [0.25, 0.3) is 0 Å². The molecule has 4 rings (SSSR count). The molecule has 2 saturated carbocycles. The molecule has 2 aliphatic rings. The standard InChI is InChI=1S/C29H30F7NO3/c1-16(19-10-20(28(31,32)33)12-21(11-19)29(34,35)36)40-26-9-4-18(14-37-23-7-8-24(39)13-23)25(15-38)27(26)17-2-5-22(30)6-3-17/h2-3,5-6,10-12,16,18,25-27,38H,4,7-9,13-15H2,1H3/t16-,18-,25-,26+,27+/m1/s1. The van der Waals surface area contributed by atoms with Gasteiger partial charge in [-0.25, -0.2) is 4.39 Å². The summed E-state index contributed by atoms with van der Waals surface area (Å²) < 4.78 is 100. The van der Waals surface area contributed by atoms with Gasteiger partial charge in [-0.15, -0.1) is 0 Å².